The van der Waals surface area contributed by atoms with Crippen LogP contribution in [0.5, 0.6) is 0 Å². The second-order valence-electron chi connectivity index (χ2n) is 7.38. The third-order valence-electron chi connectivity index (χ3n) is 5.20. The van der Waals surface area contributed by atoms with Gasteiger partial charge in [-0.3, -0.25) is 5.32 Å². The Labute approximate surface area is 150 Å². The smallest absolute Gasteiger partial charge is 0.323 e. The van der Waals surface area contributed by atoms with Gasteiger partial charge >= 0.3 is 6.03 Å². The highest BCUT2D eigenvalue weighted by Gasteiger charge is 2.25. The second-order valence-corrected chi connectivity index (χ2v) is 7.38. The summed E-state index contributed by atoms with van der Waals surface area (Å²) in [6.07, 6.45) is 7.50. The molecular formula is C19H30N4O2. The first kappa shape index (κ1) is 18.0. The van der Waals surface area contributed by atoms with E-state index in [4.69, 9.17) is 4.74 Å². The van der Waals surface area contributed by atoms with Crippen LogP contribution < -0.4 is 10.2 Å². The van der Waals surface area contributed by atoms with Gasteiger partial charge in [0.2, 0.25) is 0 Å². The number of urea groups is 1. The van der Waals surface area contributed by atoms with E-state index in [1.165, 1.54) is 25.7 Å². The molecule has 2 aliphatic rings. The van der Waals surface area contributed by atoms with E-state index in [0.717, 1.165) is 44.3 Å². The van der Waals surface area contributed by atoms with Gasteiger partial charge < -0.3 is 14.5 Å². The molecule has 1 N–H and O–H groups in total. The first-order valence-electron chi connectivity index (χ1n) is 9.44. The number of likely N-dealkylation sites (tertiary alicyclic amines) is 1. The van der Waals surface area contributed by atoms with Crippen molar-refractivity contribution in [1.82, 2.24) is 9.88 Å². The minimum Gasteiger partial charge on any atom is -0.378 e. The Bertz CT molecular complexity index is 564. The number of amides is 2. The van der Waals surface area contributed by atoms with E-state index in [2.05, 4.69) is 10.3 Å². The number of nitrogens with zero attached hydrogens (tertiary/aromatic N) is 3. The average molecular weight is 346 g/mol. The van der Waals surface area contributed by atoms with Gasteiger partial charge in [0.25, 0.3) is 0 Å². The normalized spacial score (nSPS) is 19.2. The average Bonchev–Trinajstić information content (AvgIpc) is 3.14. The molecule has 6 heteroatoms. The van der Waals surface area contributed by atoms with Crippen molar-refractivity contribution in [2.75, 3.05) is 44.0 Å². The number of pyridine rings is 1. The number of hydrogen-bond donors (Lipinski definition) is 1. The summed E-state index contributed by atoms with van der Waals surface area (Å²) < 4.78 is 6.08. The molecule has 0 spiro atoms. The van der Waals surface area contributed by atoms with Crippen molar-refractivity contribution in [3.8, 4) is 0 Å². The second kappa shape index (κ2) is 8.52. The number of anilines is 2. The number of carbonyl (C=O) groups is 1. The van der Waals surface area contributed by atoms with Crippen molar-refractivity contribution in [2.45, 2.75) is 44.6 Å². The SMILES string of the molecule is CN(C)c1cccc(NC(=O)N2CCC(OCC3CCCC3)CC2)n1. The zero-order valence-corrected chi connectivity index (χ0v) is 15.4. The number of rotatable bonds is 5. The molecule has 0 atom stereocenters. The molecule has 1 aliphatic carbocycles. The molecule has 138 valence electrons. The van der Waals surface area contributed by atoms with Crippen molar-refractivity contribution in [3.63, 3.8) is 0 Å². The lowest BCUT2D eigenvalue weighted by Gasteiger charge is -2.32. The van der Waals surface area contributed by atoms with Crippen molar-refractivity contribution < 1.29 is 9.53 Å². The summed E-state index contributed by atoms with van der Waals surface area (Å²) in [5.41, 5.74) is 0. The van der Waals surface area contributed by atoms with E-state index in [0.29, 0.717) is 11.9 Å². The van der Waals surface area contributed by atoms with Crippen LogP contribution in [0.25, 0.3) is 0 Å². The highest BCUT2D eigenvalue weighted by Crippen LogP contribution is 2.26. The summed E-state index contributed by atoms with van der Waals surface area (Å²) in [5, 5.41) is 2.91. The molecular weight excluding hydrogens is 316 g/mol. The Kier molecular flexibility index (Phi) is 6.13. The van der Waals surface area contributed by atoms with Gasteiger partial charge in [-0.05, 0) is 43.7 Å². The van der Waals surface area contributed by atoms with Gasteiger partial charge in [0.15, 0.2) is 0 Å². The van der Waals surface area contributed by atoms with Gasteiger partial charge in [0.05, 0.1) is 6.10 Å². The molecule has 0 bridgehead atoms. The molecule has 1 saturated carbocycles. The van der Waals surface area contributed by atoms with E-state index in [1.807, 2.05) is 42.1 Å². The Morgan fingerprint density at radius 2 is 1.96 bits per heavy atom. The minimum atomic E-state index is -0.0716. The Morgan fingerprint density at radius 1 is 1.24 bits per heavy atom. The van der Waals surface area contributed by atoms with Crippen molar-refractivity contribution in [1.29, 1.82) is 0 Å². The van der Waals surface area contributed by atoms with E-state index >= 15 is 0 Å². The number of hydrogen-bond acceptors (Lipinski definition) is 4. The van der Waals surface area contributed by atoms with Crippen LogP contribution in [0.1, 0.15) is 38.5 Å². The molecule has 0 radical (unpaired) electrons. The van der Waals surface area contributed by atoms with Crippen LogP contribution in [0.15, 0.2) is 18.2 Å². The summed E-state index contributed by atoms with van der Waals surface area (Å²) >= 11 is 0. The predicted octanol–water partition coefficient (Wildman–Crippen LogP) is 3.35. The standard InChI is InChI=1S/C19H30N4O2/c1-22(2)18-9-5-8-17(20-18)21-19(24)23-12-10-16(11-13-23)25-14-15-6-3-4-7-15/h5,8-9,15-16H,3-4,6-7,10-14H2,1-2H3,(H,20,21,24). The Hall–Kier alpha value is -1.82. The quantitative estimate of drug-likeness (QED) is 0.888. The molecule has 6 nitrogen and oxygen atoms in total. The number of aromatic nitrogens is 1. The molecule has 1 aliphatic heterocycles. The fourth-order valence-corrected chi connectivity index (χ4v) is 3.61. The van der Waals surface area contributed by atoms with Gasteiger partial charge in [-0.2, -0.15) is 0 Å². The largest absolute Gasteiger partial charge is 0.378 e. The van der Waals surface area contributed by atoms with Crippen LogP contribution in [0, 0.1) is 5.92 Å². The molecule has 2 amide bonds. The van der Waals surface area contributed by atoms with E-state index in [1.54, 1.807) is 0 Å². The topological polar surface area (TPSA) is 57.7 Å². The van der Waals surface area contributed by atoms with Gasteiger partial charge in [0.1, 0.15) is 11.6 Å². The number of ether oxygens (including phenoxy) is 1. The van der Waals surface area contributed by atoms with Gasteiger partial charge in [-0.25, -0.2) is 9.78 Å². The zero-order valence-electron chi connectivity index (χ0n) is 15.4. The minimum absolute atomic E-state index is 0.0716. The van der Waals surface area contributed by atoms with Crippen LogP contribution in [0.4, 0.5) is 16.4 Å². The lowest BCUT2D eigenvalue weighted by molar-refractivity contribution is -0.00115. The van der Waals surface area contributed by atoms with E-state index in [-0.39, 0.29) is 6.03 Å². The molecule has 1 saturated heterocycles. The summed E-state index contributed by atoms with van der Waals surface area (Å²) in [6, 6.07) is 5.57. The molecule has 2 fully saturated rings. The maximum absolute atomic E-state index is 12.4. The zero-order chi connectivity index (χ0) is 17.6. The highest BCUT2D eigenvalue weighted by atomic mass is 16.5. The molecule has 25 heavy (non-hydrogen) atoms. The van der Waals surface area contributed by atoms with Crippen LogP contribution in [-0.4, -0.2) is 55.8 Å². The molecule has 1 aromatic heterocycles. The third-order valence-corrected chi connectivity index (χ3v) is 5.20. The first-order chi connectivity index (χ1) is 12.1. The lowest BCUT2D eigenvalue weighted by atomic mass is 10.1. The van der Waals surface area contributed by atoms with Gasteiger partial charge in [0, 0.05) is 33.8 Å². The fourth-order valence-electron chi connectivity index (χ4n) is 3.61. The van der Waals surface area contributed by atoms with Crippen LogP contribution in [-0.2, 0) is 4.74 Å². The molecule has 1 aromatic rings. The van der Waals surface area contributed by atoms with Crippen LogP contribution in [0.2, 0.25) is 0 Å². The lowest BCUT2D eigenvalue weighted by Crippen LogP contribution is -2.43. The Balaban J connectivity index is 1.42. The van der Waals surface area contributed by atoms with E-state index < -0.39 is 0 Å². The molecule has 0 unspecified atom stereocenters. The summed E-state index contributed by atoms with van der Waals surface area (Å²) in [5.74, 6) is 2.18. The highest BCUT2D eigenvalue weighted by molar-refractivity contribution is 5.88. The van der Waals surface area contributed by atoms with Crippen molar-refractivity contribution >= 4 is 17.7 Å². The van der Waals surface area contributed by atoms with Crippen molar-refractivity contribution in [3.05, 3.63) is 18.2 Å². The number of carbonyl (C=O) groups excluding carboxylic acids is 1. The van der Waals surface area contributed by atoms with Crippen LogP contribution >= 0.6 is 0 Å². The molecule has 3 rings (SSSR count). The number of piperidine rings is 1. The molecule has 0 aromatic carbocycles. The summed E-state index contributed by atoms with van der Waals surface area (Å²) in [4.78, 5) is 20.7. The predicted molar refractivity (Wildman–Crippen MR) is 100 cm³/mol. The number of nitrogens with one attached hydrogen (secondary N) is 1. The van der Waals surface area contributed by atoms with Crippen molar-refractivity contribution in [2.24, 2.45) is 5.92 Å². The first-order valence-corrected chi connectivity index (χ1v) is 9.44. The fraction of sp³-hybridized carbons (Fsp3) is 0.684. The summed E-state index contributed by atoms with van der Waals surface area (Å²) in [6.45, 7) is 2.39. The van der Waals surface area contributed by atoms with Gasteiger partial charge in [-0.1, -0.05) is 18.9 Å². The molecule has 2 heterocycles. The van der Waals surface area contributed by atoms with Crippen LogP contribution in [0.3, 0.4) is 0 Å². The van der Waals surface area contributed by atoms with Gasteiger partial charge in [-0.15, -0.1) is 0 Å². The third kappa shape index (κ3) is 5.08. The maximum atomic E-state index is 12.4. The van der Waals surface area contributed by atoms with E-state index in [9.17, 15) is 4.79 Å². The monoisotopic (exact) mass is 346 g/mol. The maximum Gasteiger partial charge on any atom is 0.323 e. The Morgan fingerprint density at radius 3 is 2.64 bits per heavy atom. The summed E-state index contributed by atoms with van der Waals surface area (Å²) in [7, 11) is 3.87.